The summed E-state index contributed by atoms with van der Waals surface area (Å²) in [4.78, 5) is 76.5. The molecule has 0 bridgehead atoms. The van der Waals surface area contributed by atoms with Gasteiger partial charge in [0.2, 0.25) is 11.8 Å². The van der Waals surface area contributed by atoms with Gasteiger partial charge in [0.05, 0.1) is 45.2 Å². The Morgan fingerprint density at radius 3 is 1.36 bits per heavy atom. The number of β-lactam (4-membered cyclic amide) rings is 2. The molecule has 4 saturated heterocycles. The Balaban J connectivity index is 0.000000201. The molecule has 6 atom stereocenters. The van der Waals surface area contributed by atoms with E-state index in [2.05, 4.69) is 20.9 Å². The van der Waals surface area contributed by atoms with Gasteiger partial charge in [-0.3, -0.25) is 19.2 Å². The van der Waals surface area contributed by atoms with E-state index in [1.165, 1.54) is 83.6 Å². The zero-order valence-corrected chi connectivity index (χ0v) is 38.2. The molecule has 0 radical (unpaired) electrons. The van der Waals surface area contributed by atoms with Crippen LogP contribution in [0.25, 0.3) is 22.5 Å². The van der Waals surface area contributed by atoms with Crippen LogP contribution in [0.4, 0.5) is 8.78 Å². The van der Waals surface area contributed by atoms with Gasteiger partial charge in [-0.15, -0.1) is 23.5 Å². The summed E-state index contributed by atoms with van der Waals surface area (Å²) in [6, 6.07) is 4.03. The zero-order chi connectivity index (χ0) is 43.9. The summed E-state index contributed by atoms with van der Waals surface area (Å²) in [5.41, 5.74) is -0.432. The molecule has 4 aliphatic heterocycles. The third-order valence-corrected chi connectivity index (χ3v) is 14.3. The van der Waals surface area contributed by atoms with E-state index in [4.69, 9.17) is 32.2 Å². The van der Waals surface area contributed by atoms with Gasteiger partial charge in [-0.25, -0.2) is 8.78 Å². The number of rotatable bonds is 8. The van der Waals surface area contributed by atoms with Crippen LogP contribution in [-0.4, -0.2) is 138 Å². The minimum Gasteiger partial charge on any atom is -0.548 e. The number of halogens is 4. The predicted molar refractivity (Wildman–Crippen MR) is 214 cm³/mol. The fourth-order valence-electron chi connectivity index (χ4n) is 7.75. The molecule has 6 heterocycles. The quantitative estimate of drug-likeness (QED) is 0.191. The number of aryl methyl sites for hydroxylation is 2. The standard InChI is InChI=1S/2C19H17ClFN3O5S.Ca/c2*1-7-10(12(23-29-7)11-8(20)5-4-6-9(11)21)15(25)22-13-16(26)24-14(18(27)28)19(2,3)30-17(13)24;/h2*4-6,13-14,17H,1-3H3,(H,22,25)(H,27,28);/q;;+2/p-2/t2*13-,14+,17-;/m11./s1. The number of nitrogens with zero attached hydrogens (tertiary/aromatic N) is 4. The number of aromatic nitrogens is 2. The number of carboxylic acids is 2. The first kappa shape index (κ1) is 46.6. The Hall–Kier alpha value is -3.92. The van der Waals surface area contributed by atoms with Gasteiger partial charge < -0.3 is 49.3 Å². The number of carbonyl (C=O) groups is 6. The van der Waals surface area contributed by atoms with E-state index in [0.29, 0.717) is 0 Å². The van der Waals surface area contributed by atoms with E-state index >= 15 is 0 Å². The van der Waals surface area contributed by atoms with Crippen LogP contribution in [0.3, 0.4) is 0 Å². The van der Waals surface area contributed by atoms with Crippen LogP contribution < -0.4 is 20.8 Å². The molecule has 0 aliphatic carbocycles. The molecule has 4 aromatic rings. The number of hydrogen-bond acceptors (Lipinski definition) is 14. The van der Waals surface area contributed by atoms with Crippen molar-refractivity contribution in [2.24, 2.45) is 0 Å². The van der Waals surface area contributed by atoms with Crippen molar-refractivity contribution in [2.45, 2.75) is 86.0 Å². The number of hydrogen-bond donors (Lipinski definition) is 2. The fourth-order valence-corrected chi connectivity index (χ4v) is 11.5. The normalized spacial score (nSPS) is 24.0. The number of carbonyl (C=O) groups excluding carboxylic acids is 6. The number of benzene rings is 2. The molecular weight excluding hydrogens is 914 g/mol. The second-order valence-corrected chi connectivity index (χ2v) is 19.5. The predicted octanol–water partition coefficient (Wildman–Crippen LogP) is 2.33. The second-order valence-electron chi connectivity index (χ2n) is 15.2. The molecule has 2 aromatic heterocycles. The molecular formula is C38H32CaCl2F2N6O10S2. The zero-order valence-electron chi connectivity index (χ0n) is 32.8. The third kappa shape index (κ3) is 7.90. The molecule has 4 fully saturated rings. The van der Waals surface area contributed by atoms with E-state index in [-0.39, 0.29) is 92.9 Å². The van der Waals surface area contributed by atoms with Crippen molar-refractivity contribution >= 4 is 120 Å². The topological polar surface area (TPSA) is 231 Å². The van der Waals surface area contributed by atoms with Crippen molar-refractivity contribution in [1.29, 1.82) is 0 Å². The van der Waals surface area contributed by atoms with E-state index in [1.54, 1.807) is 27.7 Å². The van der Waals surface area contributed by atoms with Gasteiger partial charge in [0.15, 0.2) is 0 Å². The molecule has 2 N–H and O–H groups in total. The molecule has 0 saturated carbocycles. The third-order valence-electron chi connectivity index (χ3n) is 10.5. The fraction of sp³-hybridized carbons (Fsp3) is 0.368. The van der Waals surface area contributed by atoms with Crippen LogP contribution in [0.15, 0.2) is 45.4 Å². The Labute approximate surface area is 393 Å². The van der Waals surface area contributed by atoms with Gasteiger partial charge in [-0.2, -0.15) is 0 Å². The van der Waals surface area contributed by atoms with Crippen LogP contribution in [0.1, 0.15) is 59.9 Å². The summed E-state index contributed by atoms with van der Waals surface area (Å²) in [5, 5.41) is 34.7. The van der Waals surface area contributed by atoms with Gasteiger partial charge in [-0.05, 0) is 65.8 Å². The van der Waals surface area contributed by atoms with E-state index in [1.807, 2.05) is 0 Å². The Kier molecular flexibility index (Phi) is 13.0. The van der Waals surface area contributed by atoms with Crippen LogP contribution in [0.5, 0.6) is 0 Å². The Bertz CT molecular complexity index is 2310. The van der Waals surface area contributed by atoms with Crippen molar-refractivity contribution in [3.63, 3.8) is 0 Å². The van der Waals surface area contributed by atoms with Gasteiger partial charge >= 0.3 is 37.7 Å². The monoisotopic (exact) mass is 944 g/mol. The maximum absolute atomic E-state index is 14.3. The molecule has 4 amide bonds. The number of fused-ring (bicyclic) bond motifs is 2. The van der Waals surface area contributed by atoms with E-state index in [0.717, 1.165) is 0 Å². The van der Waals surface area contributed by atoms with Gasteiger partial charge in [-0.1, -0.05) is 45.6 Å². The molecule has 23 heteroatoms. The average molecular weight is 946 g/mol. The number of thioether (sulfide) groups is 2. The molecule has 316 valence electrons. The van der Waals surface area contributed by atoms with Crippen molar-refractivity contribution in [1.82, 2.24) is 30.7 Å². The number of amides is 4. The van der Waals surface area contributed by atoms with Crippen LogP contribution in [0.2, 0.25) is 10.0 Å². The molecule has 0 spiro atoms. The molecule has 2 aromatic carbocycles. The second kappa shape index (κ2) is 17.0. The van der Waals surface area contributed by atoms with Gasteiger partial charge in [0.25, 0.3) is 11.8 Å². The molecule has 0 unspecified atom stereocenters. The molecule has 4 aliphatic rings. The molecule has 61 heavy (non-hydrogen) atoms. The molecule has 16 nitrogen and oxygen atoms in total. The summed E-state index contributed by atoms with van der Waals surface area (Å²) in [5.74, 6) is -6.26. The summed E-state index contributed by atoms with van der Waals surface area (Å²) in [6.45, 7) is 9.76. The van der Waals surface area contributed by atoms with Crippen molar-refractivity contribution in [3.05, 3.63) is 80.7 Å². The minimum atomic E-state index is -1.35. The summed E-state index contributed by atoms with van der Waals surface area (Å²) in [7, 11) is 0. The number of carboxylic acid groups (broad SMARTS) is 2. The first-order valence-corrected chi connectivity index (χ1v) is 20.4. The first-order chi connectivity index (χ1) is 28.1. The van der Waals surface area contributed by atoms with Crippen LogP contribution in [-0.2, 0) is 19.2 Å². The Morgan fingerprint density at radius 2 is 1.05 bits per heavy atom. The van der Waals surface area contributed by atoms with Crippen LogP contribution in [0, 0.1) is 25.5 Å². The van der Waals surface area contributed by atoms with Crippen molar-refractivity contribution in [2.75, 3.05) is 0 Å². The van der Waals surface area contributed by atoms with Crippen LogP contribution >= 0.6 is 46.7 Å². The Morgan fingerprint density at radius 1 is 0.705 bits per heavy atom. The van der Waals surface area contributed by atoms with Crippen molar-refractivity contribution < 1.29 is 56.8 Å². The number of aliphatic carboxylic acids is 2. The SMILES string of the molecule is Cc1onc(-c2c(F)cccc2Cl)c1C(=O)N[C@@H]1C(=O)N2[C@@H]1SC(C)(C)[C@@H]2C(=O)[O-].Cc1onc(-c2c(F)cccc2Cl)c1C(=O)N[C@@H]1C(=O)N2[C@@H]1SC(C)(C)[C@@H]2C(=O)[O-].[Ca+2]. The van der Waals surface area contributed by atoms with E-state index in [9.17, 15) is 47.8 Å². The maximum Gasteiger partial charge on any atom is 2.00 e. The first-order valence-electron chi connectivity index (χ1n) is 17.9. The smallest absolute Gasteiger partial charge is 0.548 e. The minimum absolute atomic E-state index is 0. The maximum atomic E-state index is 14.3. The largest absolute Gasteiger partial charge is 2.00 e. The molecule has 8 rings (SSSR count). The number of nitrogens with one attached hydrogen (secondary N) is 2. The average Bonchev–Trinajstić information content (AvgIpc) is 3.87. The van der Waals surface area contributed by atoms with Crippen molar-refractivity contribution in [3.8, 4) is 22.5 Å². The van der Waals surface area contributed by atoms with Gasteiger partial charge in [0, 0.05) is 9.49 Å². The summed E-state index contributed by atoms with van der Waals surface area (Å²) >= 11 is 14.7. The summed E-state index contributed by atoms with van der Waals surface area (Å²) < 4.78 is 37.3. The van der Waals surface area contributed by atoms with Gasteiger partial charge in [0.1, 0.15) is 68.5 Å². The summed E-state index contributed by atoms with van der Waals surface area (Å²) in [6.07, 6.45) is 0. The van der Waals surface area contributed by atoms with E-state index < -0.39 is 91.6 Å².